The van der Waals surface area contributed by atoms with Crippen LogP contribution in [0.3, 0.4) is 0 Å². The average Bonchev–Trinajstić information content (AvgIpc) is 2.45. The maximum Gasteiger partial charge on any atom is 0.334 e. The Kier molecular flexibility index (Phi) is 5.25. The van der Waals surface area contributed by atoms with Crippen molar-refractivity contribution in [2.24, 2.45) is 5.92 Å². The first kappa shape index (κ1) is 15.9. The van der Waals surface area contributed by atoms with Crippen LogP contribution in [0.15, 0.2) is 18.2 Å². The molecule has 1 aromatic carbocycles. The third kappa shape index (κ3) is 4.22. The molecular formula is C15H19F2NO3. The summed E-state index contributed by atoms with van der Waals surface area (Å²) in [6.07, 6.45) is 0.200. The van der Waals surface area contributed by atoms with Crippen molar-refractivity contribution < 1.29 is 23.4 Å². The van der Waals surface area contributed by atoms with Crippen molar-refractivity contribution in [3.05, 3.63) is 35.4 Å². The molecule has 1 fully saturated rings. The predicted molar refractivity (Wildman–Crippen MR) is 72.4 cm³/mol. The Balaban J connectivity index is 1.88. The Morgan fingerprint density at radius 3 is 2.43 bits per heavy atom. The summed E-state index contributed by atoms with van der Waals surface area (Å²) in [7, 11) is 1.25. The van der Waals surface area contributed by atoms with E-state index in [1.807, 2.05) is 0 Å². The molecule has 0 aliphatic carbocycles. The van der Waals surface area contributed by atoms with E-state index in [2.05, 4.69) is 9.64 Å². The molecule has 1 heterocycles. The summed E-state index contributed by atoms with van der Waals surface area (Å²) < 4.78 is 30.8. The van der Waals surface area contributed by atoms with Gasteiger partial charge < -0.3 is 9.84 Å². The van der Waals surface area contributed by atoms with Crippen molar-refractivity contribution >= 4 is 5.97 Å². The Hall–Kier alpha value is -1.53. The number of carbonyl (C=O) groups is 1. The zero-order valence-electron chi connectivity index (χ0n) is 11.9. The van der Waals surface area contributed by atoms with Gasteiger partial charge in [-0.2, -0.15) is 0 Å². The number of ether oxygens (including phenoxy) is 1. The molecule has 21 heavy (non-hydrogen) atoms. The molecule has 1 saturated heterocycles. The summed E-state index contributed by atoms with van der Waals surface area (Å²) in [4.78, 5) is 13.3. The number of benzene rings is 1. The van der Waals surface area contributed by atoms with Crippen LogP contribution in [-0.4, -0.2) is 42.3 Å². The van der Waals surface area contributed by atoms with Crippen molar-refractivity contribution in [3.63, 3.8) is 0 Å². The normalized spacial score (nSPS) is 18.5. The van der Waals surface area contributed by atoms with Gasteiger partial charge >= 0.3 is 5.97 Å². The molecule has 116 valence electrons. The first-order valence-electron chi connectivity index (χ1n) is 6.93. The molecule has 0 bridgehead atoms. The topological polar surface area (TPSA) is 49.8 Å². The molecule has 0 radical (unpaired) electrons. The second-order valence-electron chi connectivity index (χ2n) is 5.36. The van der Waals surface area contributed by atoms with Gasteiger partial charge in [-0.15, -0.1) is 0 Å². The summed E-state index contributed by atoms with van der Waals surface area (Å²) in [5.41, 5.74) is 0.583. The van der Waals surface area contributed by atoms with Crippen LogP contribution in [0.1, 0.15) is 18.4 Å². The number of hydrogen-bond acceptors (Lipinski definition) is 4. The van der Waals surface area contributed by atoms with E-state index in [0.717, 1.165) is 6.07 Å². The van der Waals surface area contributed by atoms with E-state index < -0.39 is 23.7 Å². The fraction of sp³-hybridized carbons (Fsp3) is 0.533. The highest BCUT2D eigenvalue weighted by Crippen LogP contribution is 2.23. The minimum absolute atomic E-state index is 0.127. The van der Waals surface area contributed by atoms with Gasteiger partial charge in [0.15, 0.2) is 6.10 Å². The van der Waals surface area contributed by atoms with Crippen molar-refractivity contribution in [3.8, 4) is 0 Å². The minimum Gasteiger partial charge on any atom is -0.467 e. The van der Waals surface area contributed by atoms with E-state index in [1.165, 1.54) is 19.2 Å². The van der Waals surface area contributed by atoms with Gasteiger partial charge in [0.2, 0.25) is 0 Å². The highest BCUT2D eigenvalue weighted by atomic mass is 19.1. The van der Waals surface area contributed by atoms with E-state index in [-0.39, 0.29) is 5.92 Å². The number of halogens is 2. The molecule has 4 nitrogen and oxygen atoms in total. The van der Waals surface area contributed by atoms with Crippen LogP contribution in [0.25, 0.3) is 0 Å². The molecule has 0 aromatic heterocycles. The van der Waals surface area contributed by atoms with Gasteiger partial charge in [-0.25, -0.2) is 13.6 Å². The largest absolute Gasteiger partial charge is 0.467 e. The van der Waals surface area contributed by atoms with E-state index in [1.54, 1.807) is 0 Å². The van der Waals surface area contributed by atoms with Gasteiger partial charge in [-0.1, -0.05) is 0 Å². The maximum absolute atomic E-state index is 13.1. The standard InChI is InChI=1S/C15H19F2NO3/c1-21-15(20)14(19)11-2-4-18(5-3-11)9-10-6-12(16)8-13(17)7-10/h6-8,11,14,19H,2-5,9H2,1H3. The van der Waals surface area contributed by atoms with Crippen molar-refractivity contribution in [1.82, 2.24) is 4.90 Å². The third-order valence-corrected chi connectivity index (χ3v) is 3.85. The maximum atomic E-state index is 13.1. The fourth-order valence-corrected chi connectivity index (χ4v) is 2.70. The van der Waals surface area contributed by atoms with Crippen LogP contribution in [0.2, 0.25) is 0 Å². The average molecular weight is 299 g/mol. The lowest BCUT2D eigenvalue weighted by molar-refractivity contribution is -0.154. The van der Waals surface area contributed by atoms with Gasteiger partial charge in [0, 0.05) is 12.6 Å². The molecule has 1 atom stereocenters. The first-order chi connectivity index (χ1) is 9.99. The number of methoxy groups -OCH3 is 1. The number of hydrogen-bond donors (Lipinski definition) is 1. The van der Waals surface area contributed by atoms with Gasteiger partial charge in [0.05, 0.1) is 7.11 Å². The summed E-state index contributed by atoms with van der Waals surface area (Å²) >= 11 is 0. The van der Waals surface area contributed by atoms with Gasteiger partial charge in [-0.3, -0.25) is 4.90 Å². The summed E-state index contributed by atoms with van der Waals surface area (Å²) in [5, 5.41) is 9.80. The van der Waals surface area contributed by atoms with Crippen molar-refractivity contribution in [2.45, 2.75) is 25.5 Å². The number of esters is 1. The van der Waals surface area contributed by atoms with E-state index in [9.17, 15) is 18.7 Å². The number of rotatable bonds is 4. The van der Waals surface area contributed by atoms with Crippen LogP contribution in [0.5, 0.6) is 0 Å². The third-order valence-electron chi connectivity index (χ3n) is 3.85. The number of aliphatic hydroxyl groups excluding tert-OH is 1. The van der Waals surface area contributed by atoms with Crippen LogP contribution in [-0.2, 0) is 16.1 Å². The Bertz CT molecular complexity index is 481. The van der Waals surface area contributed by atoms with Crippen molar-refractivity contribution in [2.75, 3.05) is 20.2 Å². The molecule has 1 aliphatic rings. The van der Waals surface area contributed by atoms with Gasteiger partial charge in [-0.05, 0) is 49.5 Å². The zero-order valence-corrected chi connectivity index (χ0v) is 11.9. The van der Waals surface area contributed by atoms with Crippen LogP contribution < -0.4 is 0 Å². The molecule has 1 unspecified atom stereocenters. The van der Waals surface area contributed by atoms with Gasteiger partial charge in [0.1, 0.15) is 11.6 Å². The monoisotopic (exact) mass is 299 g/mol. The Morgan fingerprint density at radius 2 is 1.90 bits per heavy atom. The molecule has 2 rings (SSSR count). The molecule has 1 aromatic rings. The van der Waals surface area contributed by atoms with E-state index in [0.29, 0.717) is 38.0 Å². The quantitative estimate of drug-likeness (QED) is 0.860. The number of piperidine rings is 1. The molecule has 0 spiro atoms. The second-order valence-corrected chi connectivity index (χ2v) is 5.36. The fourth-order valence-electron chi connectivity index (χ4n) is 2.70. The minimum atomic E-state index is -1.09. The molecular weight excluding hydrogens is 280 g/mol. The summed E-state index contributed by atoms with van der Waals surface area (Å²) in [6, 6.07) is 3.49. The molecule has 6 heteroatoms. The molecule has 0 saturated carbocycles. The highest BCUT2D eigenvalue weighted by Gasteiger charge is 2.30. The number of likely N-dealkylation sites (tertiary alicyclic amines) is 1. The highest BCUT2D eigenvalue weighted by molar-refractivity contribution is 5.74. The Labute approximate surface area is 122 Å². The number of carbonyl (C=O) groups excluding carboxylic acids is 1. The predicted octanol–water partition coefficient (Wildman–Crippen LogP) is 1.71. The summed E-state index contributed by atoms with van der Waals surface area (Å²) in [5.74, 6) is -1.90. The lowest BCUT2D eigenvalue weighted by Gasteiger charge is -2.33. The van der Waals surface area contributed by atoms with Crippen molar-refractivity contribution in [1.29, 1.82) is 0 Å². The number of nitrogens with zero attached hydrogens (tertiary/aromatic N) is 1. The Morgan fingerprint density at radius 1 is 1.33 bits per heavy atom. The summed E-state index contributed by atoms with van der Waals surface area (Å²) in [6.45, 7) is 1.78. The lowest BCUT2D eigenvalue weighted by atomic mass is 9.91. The van der Waals surface area contributed by atoms with Gasteiger partial charge in [0.25, 0.3) is 0 Å². The first-order valence-corrected chi connectivity index (χ1v) is 6.93. The zero-order chi connectivity index (χ0) is 15.4. The SMILES string of the molecule is COC(=O)C(O)C1CCN(Cc2cc(F)cc(F)c2)CC1. The van der Waals surface area contributed by atoms with E-state index in [4.69, 9.17) is 0 Å². The lowest BCUT2D eigenvalue weighted by Crippen LogP contribution is -2.40. The number of aliphatic hydroxyl groups is 1. The molecule has 1 aliphatic heterocycles. The van der Waals surface area contributed by atoms with Crippen LogP contribution in [0, 0.1) is 17.6 Å². The van der Waals surface area contributed by atoms with Crippen LogP contribution in [0.4, 0.5) is 8.78 Å². The van der Waals surface area contributed by atoms with E-state index >= 15 is 0 Å². The van der Waals surface area contributed by atoms with Crippen LogP contribution >= 0.6 is 0 Å². The molecule has 1 N–H and O–H groups in total. The second kappa shape index (κ2) is 6.95. The molecule has 0 amide bonds. The smallest absolute Gasteiger partial charge is 0.334 e.